The van der Waals surface area contributed by atoms with Crippen LogP contribution in [0.3, 0.4) is 0 Å². The fraction of sp³-hybridized carbons (Fsp3) is 0.231. The van der Waals surface area contributed by atoms with Gasteiger partial charge in [-0.3, -0.25) is 19.2 Å². The van der Waals surface area contributed by atoms with Gasteiger partial charge in [-0.05, 0) is 28.1 Å². The summed E-state index contributed by atoms with van der Waals surface area (Å²) in [5.41, 5.74) is 13.4. The van der Waals surface area contributed by atoms with Gasteiger partial charge in [0.15, 0.2) is 0 Å². The summed E-state index contributed by atoms with van der Waals surface area (Å²) in [5, 5.41) is 16.8. The van der Waals surface area contributed by atoms with E-state index in [-0.39, 0.29) is 12.8 Å². The highest BCUT2D eigenvalue weighted by Gasteiger charge is 2.29. The SMILES string of the molecule is NC(=O)C[C@H](O)C(=O)N[C@H](Cc1cccs1)C(=O)N[C@@H](Cc1ccc(-c2ccccc2)cc1)C(N)=O. The lowest BCUT2D eigenvalue weighted by Gasteiger charge is -2.23. The molecule has 9 nitrogen and oxygen atoms in total. The maximum Gasteiger partial charge on any atom is 0.250 e. The van der Waals surface area contributed by atoms with E-state index in [9.17, 15) is 24.3 Å². The number of nitrogens with two attached hydrogens (primary N) is 2. The Morgan fingerprint density at radius 1 is 0.778 bits per heavy atom. The number of carbonyl (C=O) groups is 4. The van der Waals surface area contributed by atoms with Gasteiger partial charge >= 0.3 is 0 Å². The van der Waals surface area contributed by atoms with Crippen molar-refractivity contribution < 1.29 is 24.3 Å². The molecule has 0 saturated carbocycles. The molecule has 0 radical (unpaired) electrons. The van der Waals surface area contributed by atoms with Crippen LogP contribution in [0, 0.1) is 0 Å². The van der Waals surface area contributed by atoms with Crippen molar-refractivity contribution in [2.75, 3.05) is 0 Å². The minimum atomic E-state index is -1.70. The first kappa shape index (κ1) is 26.6. The third-order valence-corrected chi connectivity index (χ3v) is 6.38. The second kappa shape index (κ2) is 12.6. The quantitative estimate of drug-likeness (QED) is 0.245. The van der Waals surface area contributed by atoms with E-state index < -0.39 is 48.2 Å². The molecule has 4 amide bonds. The smallest absolute Gasteiger partial charge is 0.250 e. The molecule has 1 aromatic heterocycles. The minimum Gasteiger partial charge on any atom is -0.383 e. The third kappa shape index (κ3) is 7.76. The maximum atomic E-state index is 13.1. The summed E-state index contributed by atoms with van der Waals surface area (Å²) < 4.78 is 0. The lowest BCUT2D eigenvalue weighted by atomic mass is 10.00. The van der Waals surface area contributed by atoms with Gasteiger partial charge in [-0.2, -0.15) is 0 Å². The Labute approximate surface area is 212 Å². The molecular formula is C26H28N4O5S. The molecule has 0 bridgehead atoms. The number of primary amides is 2. The minimum absolute atomic E-state index is 0.121. The molecule has 3 atom stereocenters. The maximum absolute atomic E-state index is 13.1. The Bertz CT molecular complexity index is 1180. The molecule has 1 heterocycles. The summed E-state index contributed by atoms with van der Waals surface area (Å²) >= 11 is 1.38. The van der Waals surface area contributed by atoms with E-state index in [4.69, 9.17) is 11.5 Å². The normalized spacial score (nSPS) is 13.2. The Kier molecular flexibility index (Phi) is 9.32. The van der Waals surface area contributed by atoms with Crippen LogP contribution in [0.4, 0.5) is 0 Å². The first-order chi connectivity index (χ1) is 17.2. The Balaban J connectivity index is 1.71. The van der Waals surface area contributed by atoms with Crippen molar-refractivity contribution in [3.63, 3.8) is 0 Å². The van der Waals surface area contributed by atoms with E-state index in [0.29, 0.717) is 0 Å². The highest BCUT2D eigenvalue weighted by Crippen LogP contribution is 2.20. The molecule has 0 saturated heterocycles. The molecule has 0 spiro atoms. The zero-order valence-electron chi connectivity index (χ0n) is 19.4. The fourth-order valence-corrected chi connectivity index (χ4v) is 4.34. The zero-order valence-corrected chi connectivity index (χ0v) is 20.2. The number of hydrogen-bond acceptors (Lipinski definition) is 6. The Hall–Kier alpha value is -4.02. The molecule has 188 valence electrons. The van der Waals surface area contributed by atoms with Gasteiger partial charge in [0.1, 0.15) is 18.2 Å². The van der Waals surface area contributed by atoms with Crippen molar-refractivity contribution in [3.05, 3.63) is 82.6 Å². The molecule has 3 aromatic rings. The van der Waals surface area contributed by atoms with Crippen LogP contribution < -0.4 is 22.1 Å². The molecule has 0 fully saturated rings. The number of aliphatic hydroxyl groups is 1. The number of nitrogens with one attached hydrogen (secondary N) is 2. The monoisotopic (exact) mass is 508 g/mol. The van der Waals surface area contributed by atoms with E-state index in [1.54, 1.807) is 12.1 Å². The molecule has 10 heteroatoms. The molecule has 36 heavy (non-hydrogen) atoms. The molecule has 0 aliphatic heterocycles. The molecule has 2 aromatic carbocycles. The van der Waals surface area contributed by atoms with Gasteiger partial charge in [0.25, 0.3) is 0 Å². The van der Waals surface area contributed by atoms with E-state index >= 15 is 0 Å². The summed E-state index contributed by atoms with van der Waals surface area (Å²) in [4.78, 5) is 49.4. The van der Waals surface area contributed by atoms with Crippen molar-refractivity contribution in [1.29, 1.82) is 0 Å². The van der Waals surface area contributed by atoms with Crippen LogP contribution in [0.1, 0.15) is 16.9 Å². The summed E-state index contributed by atoms with van der Waals surface area (Å²) in [6.07, 6.45) is -2.01. The molecule has 7 N–H and O–H groups in total. The molecule has 0 aliphatic carbocycles. The van der Waals surface area contributed by atoms with Crippen molar-refractivity contribution in [1.82, 2.24) is 10.6 Å². The number of carbonyl (C=O) groups excluding carboxylic acids is 4. The molecular weight excluding hydrogens is 480 g/mol. The van der Waals surface area contributed by atoms with Crippen LogP contribution in [0.5, 0.6) is 0 Å². The van der Waals surface area contributed by atoms with E-state index in [1.165, 1.54) is 11.3 Å². The zero-order chi connectivity index (χ0) is 26.1. The number of amides is 4. The number of aliphatic hydroxyl groups excluding tert-OH is 1. The average molecular weight is 509 g/mol. The van der Waals surface area contributed by atoms with E-state index in [1.807, 2.05) is 60.0 Å². The summed E-state index contributed by atoms with van der Waals surface area (Å²) in [5.74, 6) is -3.15. The van der Waals surface area contributed by atoms with Crippen LogP contribution in [0.15, 0.2) is 72.1 Å². The largest absolute Gasteiger partial charge is 0.383 e. The first-order valence-corrected chi connectivity index (χ1v) is 12.1. The second-order valence-corrected chi connectivity index (χ2v) is 9.29. The number of benzene rings is 2. The topological polar surface area (TPSA) is 165 Å². The first-order valence-electron chi connectivity index (χ1n) is 11.3. The summed E-state index contributed by atoms with van der Waals surface area (Å²) in [7, 11) is 0. The number of rotatable bonds is 12. The Morgan fingerprint density at radius 3 is 2.00 bits per heavy atom. The summed E-state index contributed by atoms with van der Waals surface area (Å²) in [6.45, 7) is 0. The second-order valence-electron chi connectivity index (χ2n) is 8.26. The van der Waals surface area contributed by atoms with Gasteiger partial charge in [-0.25, -0.2) is 0 Å². The van der Waals surface area contributed by atoms with Crippen molar-refractivity contribution in [3.8, 4) is 11.1 Å². The van der Waals surface area contributed by atoms with Gasteiger partial charge in [-0.1, -0.05) is 60.7 Å². The van der Waals surface area contributed by atoms with Crippen LogP contribution >= 0.6 is 11.3 Å². The van der Waals surface area contributed by atoms with Gasteiger partial charge < -0.3 is 27.2 Å². The lowest BCUT2D eigenvalue weighted by molar-refractivity contribution is -0.137. The molecule has 0 unspecified atom stereocenters. The van der Waals surface area contributed by atoms with Crippen LogP contribution in [0.25, 0.3) is 11.1 Å². The van der Waals surface area contributed by atoms with Gasteiger partial charge in [0.05, 0.1) is 6.42 Å². The van der Waals surface area contributed by atoms with Crippen LogP contribution in [0.2, 0.25) is 0 Å². The van der Waals surface area contributed by atoms with E-state index in [2.05, 4.69) is 10.6 Å². The van der Waals surface area contributed by atoms with Crippen LogP contribution in [-0.4, -0.2) is 46.9 Å². The van der Waals surface area contributed by atoms with Crippen molar-refractivity contribution in [2.24, 2.45) is 11.5 Å². The predicted molar refractivity (Wildman–Crippen MR) is 136 cm³/mol. The number of hydrogen-bond donors (Lipinski definition) is 5. The number of thiophene rings is 1. The molecule has 3 rings (SSSR count). The van der Waals surface area contributed by atoms with Gasteiger partial charge in [0, 0.05) is 17.7 Å². The van der Waals surface area contributed by atoms with Crippen molar-refractivity contribution >= 4 is 35.0 Å². The van der Waals surface area contributed by atoms with Gasteiger partial charge in [0.2, 0.25) is 23.6 Å². The van der Waals surface area contributed by atoms with Crippen LogP contribution in [-0.2, 0) is 32.0 Å². The molecule has 0 aliphatic rings. The standard InChI is InChI=1S/C26H28N4O5S/c27-23(32)15-22(31)26(35)30-21(14-19-7-4-12-36-19)25(34)29-20(24(28)33)13-16-8-10-18(11-9-16)17-5-2-1-3-6-17/h1-12,20-22,31H,13-15H2,(H2,27,32)(H2,28,33)(H,29,34)(H,30,35)/t20-,21+,22-/m0/s1. The highest BCUT2D eigenvalue weighted by molar-refractivity contribution is 7.09. The summed E-state index contributed by atoms with van der Waals surface area (Å²) in [6, 6.07) is 18.8. The lowest BCUT2D eigenvalue weighted by Crippen LogP contribution is -2.55. The fourth-order valence-electron chi connectivity index (χ4n) is 3.59. The average Bonchev–Trinajstić information content (AvgIpc) is 3.37. The Morgan fingerprint density at radius 2 is 1.42 bits per heavy atom. The van der Waals surface area contributed by atoms with E-state index in [0.717, 1.165) is 21.6 Å². The third-order valence-electron chi connectivity index (χ3n) is 5.48. The highest BCUT2D eigenvalue weighted by atomic mass is 32.1. The van der Waals surface area contributed by atoms with Gasteiger partial charge in [-0.15, -0.1) is 11.3 Å². The predicted octanol–water partition coefficient (Wildman–Crippen LogP) is 0.892. The van der Waals surface area contributed by atoms with Crippen molar-refractivity contribution in [2.45, 2.75) is 37.5 Å².